The molecule has 0 radical (unpaired) electrons. The number of alkyl halides is 3. The molecular formula is C18H20F3N3O3. The molecule has 1 aliphatic carbocycles. The molecule has 1 amide bonds. The fourth-order valence-corrected chi connectivity index (χ4v) is 2.46. The third-order valence-electron chi connectivity index (χ3n) is 4.10. The van der Waals surface area contributed by atoms with Crippen molar-refractivity contribution in [2.24, 2.45) is 5.92 Å². The Morgan fingerprint density at radius 3 is 2.56 bits per heavy atom. The Morgan fingerprint density at radius 2 is 2.00 bits per heavy atom. The lowest BCUT2D eigenvalue weighted by Crippen LogP contribution is -2.31. The first kappa shape index (κ1) is 19.3. The second-order valence-electron chi connectivity index (χ2n) is 6.53. The van der Waals surface area contributed by atoms with Crippen molar-refractivity contribution in [3.05, 3.63) is 35.7 Å². The summed E-state index contributed by atoms with van der Waals surface area (Å²) < 4.78 is 41.9. The molecule has 146 valence electrons. The van der Waals surface area contributed by atoms with Crippen molar-refractivity contribution in [3.8, 4) is 11.4 Å². The van der Waals surface area contributed by atoms with Crippen molar-refractivity contribution in [1.82, 2.24) is 15.2 Å². The Morgan fingerprint density at radius 1 is 1.30 bits per heavy atom. The van der Waals surface area contributed by atoms with Crippen molar-refractivity contribution >= 4 is 5.91 Å². The van der Waals surface area contributed by atoms with Crippen LogP contribution in [0.15, 0.2) is 28.8 Å². The number of hydrogen-bond acceptors (Lipinski definition) is 5. The molecule has 0 aliphatic heterocycles. The van der Waals surface area contributed by atoms with E-state index in [2.05, 4.69) is 14.7 Å². The lowest BCUT2D eigenvalue weighted by Gasteiger charge is -2.22. The molecule has 1 aliphatic rings. The van der Waals surface area contributed by atoms with E-state index in [0.29, 0.717) is 24.5 Å². The van der Waals surface area contributed by atoms with Crippen LogP contribution in [0.5, 0.6) is 0 Å². The maximum absolute atomic E-state index is 12.5. The van der Waals surface area contributed by atoms with Gasteiger partial charge in [-0.15, -0.1) is 0 Å². The standard InChI is InChI=1S/C18H20F3N3O3/c1-2-9-26-24(15(25)10-12-3-4-12)11-13-5-7-14(8-6-13)16-22-17(27-23-16)18(19,20)21/h5-8,12H,2-4,9-11H2,1H3. The van der Waals surface area contributed by atoms with Crippen LogP contribution in [0, 0.1) is 5.92 Å². The fourth-order valence-electron chi connectivity index (χ4n) is 2.46. The molecule has 1 fully saturated rings. The Balaban J connectivity index is 1.67. The predicted octanol–water partition coefficient (Wildman–Crippen LogP) is 4.23. The lowest BCUT2D eigenvalue weighted by molar-refractivity contribution is -0.190. The number of nitrogens with zero attached hydrogens (tertiary/aromatic N) is 3. The Labute approximate surface area is 154 Å². The molecule has 1 heterocycles. The maximum Gasteiger partial charge on any atom is 0.471 e. The van der Waals surface area contributed by atoms with E-state index in [-0.39, 0.29) is 18.3 Å². The van der Waals surface area contributed by atoms with E-state index < -0.39 is 12.1 Å². The quantitative estimate of drug-likeness (QED) is 0.638. The average Bonchev–Trinajstić information content (AvgIpc) is 3.29. The van der Waals surface area contributed by atoms with Gasteiger partial charge in [-0.05, 0) is 30.7 Å². The van der Waals surface area contributed by atoms with Gasteiger partial charge in [0.25, 0.3) is 0 Å². The van der Waals surface area contributed by atoms with Crippen LogP contribution in [0.2, 0.25) is 0 Å². The van der Waals surface area contributed by atoms with Crippen LogP contribution in [0.25, 0.3) is 11.4 Å². The lowest BCUT2D eigenvalue weighted by atomic mass is 10.1. The molecule has 0 atom stereocenters. The van der Waals surface area contributed by atoms with Gasteiger partial charge >= 0.3 is 12.1 Å². The summed E-state index contributed by atoms with van der Waals surface area (Å²) in [7, 11) is 0. The zero-order chi connectivity index (χ0) is 19.4. The van der Waals surface area contributed by atoms with Crippen molar-refractivity contribution in [2.75, 3.05) is 6.61 Å². The van der Waals surface area contributed by atoms with Gasteiger partial charge < -0.3 is 4.52 Å². The number of aromatic nitrogens is 2. The van der Waals surface area contributed by atoms with E-state index in [0.717, 1.165) is 24.8 Å². The summed E-state index contributed by atoms with van der Waals surface area (Å²) in [6.45, 7) is 2.67. The number of carbonyl (C=O) groups excluding carboxylic acids is 1. The topological polar surface area (TPSA) is 68.5 Å². The predicted molar refractivity (Wildman–Crippen MR) is 88.9 cm³/mol. The molecule has 1 saturated carbocycles. The summed E-state index contributed by atoms with van der Waals surface area (Å²) in [6, 6.07) is 6.57. The highest BCUT2D eigenvalue weighted by atomic mass is 19.4. The Hall–Kier alpha value is -2.42. The molecule has 0 bridgehead atoms. The molecule has 0 spiro atoms. The molecule has 0 unspecified atom stereocenters. The second-order valence-corrected chi connectivity index (χ2v) is 6.53. The first-order valence-electron chi connectivity index (χ1n) is 8.80. The molecule has 27 heavy (non-hydrogen) atoms. The van der Waals surface area contributed by atoms with Crippen molar-refractivity contribution < 1.29 is 27.3 Å². The van der Waals surface area contributed by atoms with Gasteiger partial charge in [0.2, 0.25) is 11.7 Å². The van der Waals surface area contributed by atoms with Crippen LogP contribution in [-0.4, -0.2) is 27.7 Å². The van der Waals surface area contributed by atoms with Crippen LogP contribution < -0.4 is 0 Å². The van der Waals surface area contributed by atoms with Crippen LogP contribution in [0.4, 0.5) is 13.2 Å². The minimum absolute atomic E-state index is 0.0528. The van der Waals surface area contributed by atoms with Gasteiger partial charge in [0.05, 0.1) is 13.2 Å². The largest absolute Gasteiger partial charge is 0.471 e. The van der Waals surface area contributed by atoms with E-state index in [4.69, 9.17) is 4.84 Å². The Kier molecular flexibility index (Phi) is 5.79. The van der Waals surface area contributed by atoms with Gasteiger partial charge in [0.15, 0.2) is 0 Å². The summed E-state index contributed by atoms with van der Waals surface area (Å²) in [6.07, 6.45) is -1.26. The molecule has 2 aromatic rings. The molecule has 0 N–H and O–H groups in total. The van der Waals surface area contributed by atoms with E-state index >= 15 is 0 Å². The zero-order valence-electron chi connectivity index (χ0n) is 14.8. The summed E-state index contributed by atoms with van der Waals surface area (Å²) in [5.41, 5.74) is 1.18. The molecule has 1 aromatic heterocycles. The minimum Gasteiger partial charge on any atom is -0.329 e. The molecule has 9 heteroatoms. The van der Waals surface area contributed by atoms with Crippen LogP contribution in [-0.2, 0) is 22.4 Å². The molecule has 0 saturated heterocycles. The van der Waals surface area contributed by atoms with Gasteiger partial charge in [-0.1, -0.05) is 36.3 Å². The first-order valence-corrected chi connectivity index (χ1v) is 8.80. The summed E-state index contributed by atoms with van der Waals surface area (Å²) >= 11 is 0. The van der Waals surface area contributed by atoms with Gasteiger partial charge in [0.1, 0.15) is 0 Å². The monoisotopic (exact) mass is 383 g/mol. The zero-order valence-corrected chi connectivity index (χ0v) is 14.8. The van der Waals surface area contributed by atoms with Gasteiger partial charge in [-0.2, -0.15) is 18.2 Å². The van der Waals surface area contributed by atoms with Crippen molar-refractivity contribution in [2.45, 2.75) is 45.3 Å². The molecular weight excluding hydrogens is 363 g/mol. The van der Waals surface area contributed by atoms with E-state index in [1.807, 2.05) is 6.92 Å². The highest BCUT2D eigenvalue weighted by Crippen LogP contribution is 2.33. The normalized spacial score (nSPS) is 14.4. The SMILES string of the molecule is CCCON(Cc1ccc(-c2noc(C(F)(F)F)n2)cc1)C(=O)CC1CC1. The van der Waals surface area contributed by atoms with Gasteiger partial charge in [0, 0.05) is 12.0 Å². The molecule has 6 nitrogen and oxygen atoms in total. The summed E-state index contributed by atoms with van der Waals surface area (Å²) in [4.78, 5) is 21.3. The van der Waals surface area contributed by atoms with Crippen LogP contribution in [0.1, 0.15) is 44.1 Å². The van der Waals surface area contributed by atoms with Crippen molar-refractivity contribution in [3.63, 3.8) is 0 Å². The smallest absolute Gasteiger partial charge is 0.329 e. The molecule has 1 aromatic carbocycles. The fraction of sp³-hybridized carbons (Fsp3) is 0.500. The van der Waals surface area contributed by atoms with E-state index in [1.54, 1.807) is 24.3 Å². The highest BCUT2D eigenvalue weighted by Gasteiger charge is 2.38. The minimum atomic E-state index is -4.68. The number of carbonyl (C=O) groups is 1. The Bertz CT molecular complexity index is 770. The number of rotatable bonds is 8. The van der Waals surface area contributed by atoms with E-state index in [9.17, 15) is 18.0 Å². The number of amides is 1. The van der Waals surface area contributed by atoms with E-state index in [1.165, 1.54) is 5.06 Å². The number of halogens is 3. The number of benzene rings is 1. The number of hydroxylamine groups is 2. The molecule has 3 rings (SSSR count). The third kappa shape index (κ3) is 5.29. The number of hydrogen-bond donors (Lipinski definition) is 0. The van der Waals surface area contributed by atoms with Gasteiger partial charge in [-0.3, -0.25) is 9.63 Å². The van der Waals surface area contributed by atoms with Crippen LogP contribution >= 0.6 is 0 Å². The average molecular weight is 383 g/mol. The van der Waals surface area contributed by atoms with Crippen LogP contribution in [0.3, 0.4) is 0 Å². The van der Waals surface area contributed by atoms with Gasteiger partial charge in [-0.25, -0.2) is 5.06 Å². The highest BCUT2D eigenvalue weighted by molar-refractivity contribution is 5.75. The summed E-state index contributed by atoms with van der Waals surface area (Å²) in [5, 5.41) is 4.72. The maximum atomic E-state index is 12.5. The second kappa shape index (κ2) is 8.08. The first-order chi connectivity index (χ1) is 12.9. The van der Waals surface area contributed by atoms with Crippen molar-refractivity contribution in [1.29, 1.82) is 0 Å². The summed E-state index contributed by atoms with van der Waals surface area (Å²) in [5.74, 6) is -1.12. The third-order valence-corrected chi connectivity index (χ3v) is 4.10.